The maximum Gasteiger partial charge on any atom is 0.0934 e. The topological polar surface area (TPSA) is 12.0 Å². The van der Waals surface area contributed by atoms with Crippen molar-refractivity contribution in [3.05, 3.63) is 56.7 Å². The summed E-state index contributed by atoms with van der Waals surface area (Å²) in [5, 5.41) is 3.86. The zero-order valence-corrected chi connectivity index (χ0v) is 12.9. The second kappa shape index (κ2) is 5.18. The number of nitrogens with one attached hydrogen (secondary N) is 1. The molecule has 2 aliphatic rings. The zero-order chi connectivity index (χ0) is 13.5. The molecule has 1 heterocycles. The summed E-state index contributed by atoms with van der Waals surface area (Å²) in [5.74, 6) is 0.704. The molecule has 0 spiro atoms. The van der Waals surface area contributed by atoms with E-state index in [1.807, 2.05) is 0 Å². The lowest BCUT2D eigenvalue weighted by Gasteiger charge is -2.24. The van der Waals surface area contributed by atoms with Gasteiger partial charge in [-0.15, -0.1) is 11.3 Å². The van der Waals surface area contributed by atoms with Crippen LogP contribution in [0.4, 0.5) is 0 Å². The van der Waals surface area contributed by atoms with Gasteiger partial charge in [0.1, 0.15) is 0 Å². The van der Waals surface area contributed by atoms with E-state index in [1.54, 1.807) is 11.3 Å². The Labute approximate surface area is 129 Å². The Morgan fingerprint density at radius 1 is 1.20 bits per heavy atom. The lowest BCUT2D eigenvalue weighted by Crippen LogP contribution is -2.27. The van der Waals surface area contributed by atoms with Gasteiger partial charge in [0.15, 0.2) is 0 Å². The van der Waals surface area contributed by atoms with E-state index in [-0.39, 0.29) is 0 Å². The summed E-state index contributed by atoms with van der Waals surface area (Å²) in [4.78, 5) is 1.50. The highest BCUT2D eigenvalue weighted by Gasteiger charge is 2.40. The Balaban J connectivity index is 1.47. The van der Waals surface area contributed by atoms with Gasteiger partial charge in [0.05, 0.1) is 4.34 Å². The molecular weight excluding hydrogens is 286 g/mol. The van der Waals surface area contributed by atoms with Crippen molar-refractivity contribution in [1.82, 2.24) is 5.32 Å². The molecule has 1 nitrogen and oxygen atoms in total. The Morgan fingerprint density at radius 3 is 2.90 bits per heavy atom. The van der Waals surface area contributed by atoms with E-state index in [2.05, 4.69) is 41.7 Å². The maximum absolute atomic E-state index is 6.18. The lowest BCUT2D eigenvalue weighted by atomic mass is 9.94. The number of rotatable bonds is 3. The van der Waals surface area contributed by atoms with Crippen LogP contribution >= 0.6 is 22.9 Å². The highest BCUT2D eigenvalue weighted by molar-refractivity contribution is 7.16. The minimum absolute atomic E-state index is 0.515. The van der Waals surface area contributed by atoms with Crippen molar-refractivity contribution in [2.75, 3.05) is 0 Å². The van der Waals surface area contributed by atoms with Gasteiger partial charge >= 0.3 is 0 Å². The third kappa shape index (κ3) is 2.41. The summed E-state index contributed by atoms with van der Waals surface area (Å²) in [7, 11) is 0. The van der Waals surface area contributed by atoms with Gasteiger partial charge in [-0.1, -0.05) is 41.9 Å². The monoisotopic (exact) mass is 303 g/mol. The molecule has 1 aromatic heterocycles. The summed E-state index contributed by atoms with van der Waals surface area (Å²) in [5.41, 5.74) is 2.94. The number of hydrogen-bond donors (Lipinski definition) is 1. The van der Waals surface area contributed by atoms with Crippen LogP contribution in [0.25, 0.3) is 0 Å². The fourth-order valence-corrected chi connectivity index (χ4v) is 4.78. The average Bonchev–Trinajstić information content (AvgIpc) is 3.12. The van der Waals surface area contributed by atoms with Crippen LogP contribution in [-0.4, -0.2) is 6.04 Å². The molecule has 1 saturated carbocycles. The standard InChI is InChI=1S/C17H18ClNS/c18-17-10-13-14(7-4-8-16(13)20-17)19-15-9-12(15)11-5-2-1-3-6-11/h1-3,5-6,10,12,14-15,19H,4,7-9H2. The Bertz CT molecular complexity index is 607. The normalized spacial score (nSPS) is 28.1. The number of aryl methyl sites for hydroxylation is 1. The van der Waals surface area contributed by atoms with E-state index in [0.717, 1.165) is 4.34 Å². The van der Waals surface area contributed by atoms with E-state index in [9.17, 15) is 0 Å². The molecule has 0 amide bonds. The SMILES string of the molecule is Clc1cc2c(s1)CCCC2NC1CC1c1ccccc1. The molecule has 20 heavy (non-hydrogen) atoms. The third-order valence-corrected chi connectivity index (χ3v) is 5.86. The summed E-state index contributed by atoms with van der Waals surface area (Å²) in [6, 6.07) is 14.2. The summed E-state index contributed by atoms with van der Waals surface area (Å²) in [6.45, 7) is 0. The van der Waals surface area contributed by atoms with Gasteiger partial charge in [-0.05, 0) is 42.9 Å². The number of fused-ring (bicyclic) bond motifs is 1. The lowest BCUT2D eigenvalue weighted by molar-refractivity contribution is 0.457. The van der Waals surface area contributed by atoms with Gasteiger partial charge in [0.25, 0.3) is 0 Å². The second-order valence-electron chi connectivity index (χ2n) is 5.90. The number of benzene rings is 1. The smallest absolute Gasteiger partial charge is 0.0934 e. The molecule has 0 bridgehead atoms. The van der Waals surface area contributed by atoms with Crippen molar-refractivity contribution in [2.45, 2.75) is 43.7 Å². The van der Waals surface area contributed by atoms with Crippen LogP contribution in [0.2, 0.25) is 4.34 Å². The highest BCUT2D eigenvalue weighted by Crippen LogP contribution is 2.44. The summed E-state index contributed by atoms with van der Waals surface area (Å²) >= 11 is 7.95. The molecule has 2 aromatic rings. The number of thiophene rings is 1. The van der Waals surface area contributed by atoms with Crippen LogP contribution in [0, 0.1) is 0 Å². The molecule has 1 aromatic carbocycles. The molecule has 1 N–H and O–H groups in total. The minimum Gasteiger partial charge on any atom is -0.306 e. The van der Waals surface area contributed by atoms with E-state index in [4.69, 9.17) is 11.6 Å². The molecule has 1 fully saturated rings. The first-order valence-electron chi connectivity index (χ1n) is 7.40. The van der Waals surface area contributed by atoms with Crippen molar-refractivity contribution < 1.29 is 0 Å². The minimum atomic E-state index is 0.515. The summed E-state index contributed by atoms with van der Waals surface area (Å²) in [6.07, 6.45) is 5.01. The van der Waals surface area contributed by atoms with Crippen LogP contribution in [0.15, 0.2) is 36.4 Å². The van der Waals surface area contributed by atoms with Gasteiger partial charge in [-0.3, -0.25) is 0 Å². The van der Waals surface area contributed by atoms with Crippen molar-refractivity contribution >= 4 is 22.9 Å². The van der Waals surface area contributed by atoms with Crippen LogP contribution < -0.4 is 5.32 Å². The van der Waals surface area contributed by atoms with Gasteiger partial charge in [-0.25, -0.2) is 0 Å². The first-order valence-corrected chi connectivity index (χ1v) is 8.60. The van der Waals surface area contributed by atoms with E-state index < -0.39 is 0 Å². The fraction of sp³-hybridized carbons (Fsp3) is 0.412. The van der Waals surface area contributed by atoms with E-state index in [0.29, 0.717) is 18.0 Å². The Kier molecular flexibility index (Phi) is 3.33. The predicted octanol–water partition coefficient (Wildman–Crippen LogP) is 4.92. The van der Waals surface area contributed by atoms with Gasteiger partial charge in [0, 0.05) is 22.9 Å². The van der Waals surface area contributed by atoms with Crippen molar-refractivity contribution in [3.8, 4) is 0 Å². The molecule has 0 radical (unpaired) electrons. The van der Waals surface area contributed by atoms with Crippen LogP contribution in [-0.2, 0) is 6.42 Å². The van der Waals surface area contributed by atoms with Gasteiger partial charge in [0.2, 0.25) is 0 Å². The quantitative estimate of drug-likeness (QED) is 0.848. The van der Waals surface area contributed by atoms with Gasteiger partial charge in [-0.2, -0.15) is 0 Å². The largest absolute Gasteiger partial charge is 0.306 e. The summed E-state index contributed by atoms with van der Waals surface area (Å²) < 4.78 is 0.944. The molecule has 4 rings (SSSR count). The number of halogens is 1. The van der Waals surface area contributed by atoms with Crippen LogP contribution in [0.3, 0.4) is 0 Å². The predicted molar refractivity (Wildman–Crippen MR) is 85.7 cm³/mol. The highest BCUT2D eigenvalue weighted by atomic mass is 35.5. The van der Waals surface area contributed by atoms with E-state index in [1.165, 1.54) is 41.7 Å². The fourth-order valence-electron chi connectivity index (χ4n) is 3.40. The van der Waals surface area contributed by atoms with Crippen molar-refractivity contribution in [3.63, 3.8) is 0 Å². The maximum atomic E-state index is 6.18. The first kappa shape index (κ1) is 12.9. The molecule has 3 unspecified atom stereocenters. The molecule has 2 aliphatic carbocycles. The third-order valence-electron chi connectivity index (χ3n) is 4.52. The van der Waals surface area contributed by atoms with Crippen LogP contribution in [0.5, 0.6) is 0 Å². The molecule has 0 aliphatic heterocycles. The molecule has 3 atom stereocenters. The molecule has 3 heteroatoms. The molecule has 104 valence electrons. The van der Waals surface area contributed by atoms with E-state index >= 15 is 0 Å². The molecule has 0 saturated heterocycles. The Hall–Kier alpha value is -0.830. The van der Waals surface area contributed by atoms with Crippen molar-refractivity contribution in [2.24, 2.45) is 0 Å². The Morgan fingerprint density at radius 2 is 2.05 bits per heavy atom. The average molecular weight is 304 g/mol. The molecular formula is C17H18ClNS. The first-order chi connectivity index (χ1) is 9.81. The van der Waals surface area contributed by atoms with Gasteiger partial charge < -0.3 is 5.32 Å². The second-order valence-corrected chi connectivity index (χ2v) is 7.67. The number of hydrogen-bond acceptors (Lipinski definition) is 2. The zero-order valence-electron chi connectivity index (χ0n) is 11.3. The van der Waals surface area contributed by atoms with Crippen molar-refractivity contribution in [1.29, 1.82) is 0 Å². The van der Waals surface area contributed by atoms with Crippen LogP contribution in [0.1, 0.15) is 47.2 Å².